The van der Waals surface area contributed by atoms with E-state index in [2.05, 4.69) is 10.3 Å². The Bertz CT molecular complexity index is 1380. The van der Waals surface area contributed by atoms with Gasteiger partial charge in [-0.05, 0) is 41.3 Å². The van der Waals surface area contributed by atoms with Gasteiger partial charge in [0.25, 0.3) is 5.56 Å². The van der Waals surface area contributed by atoms with Gasteiger partial charge < -0.3 is 5.11 Å². The average Bonchev–Trinajstić information content (AvgIpc) is 2.81. The number of hydrogen-bond acceptors (Lipinski definition) is 5. The highest BCUT2D eigenvalue weighted by atomic mass is 35.5. The summed E-state index contributed by atoms with van der Waals surface area (Å²) in [6, 6.07) is 19.9. The molecule has 0 aliphatic carbocycles. The molecule has 0 aliphatic rings. The summed E-state index contributed by atoms with van der Waals surface area (Å²) in [5.74, 6) is -1.07. The minimum atomic E-state index is -0.940. The van der Waals surface area contributed by atoms with Crippen LogP contribution in [0.3, 0.4) is 0 Å². The van der Waals surface area contributed by atoms with Crippen LogP contribution in [-0.4, -0.2) is 31.9 Å². The number of ketones is 1. The molecule has 0 saturated carbocycles. The van der Waals surface area contributed by atoms with Crippen LogP contribution in [0.5, 0.6) is 0 Å². The lowest BCUT2D eigenvalue weighted by atomic mass is 9.98. The third-order valence-corrected chi connectivity index (χ3v) is 5.59. The molecule has 0 aliphatic heterocycles. The first-order chi connectivity index (χ1) is 15.9. The fraction of sp³-hybridized carbons (Fsp3) is 0.160. The largest absolute Gasteiger partial charge is 0.481 e. The number of benzene rings is 3. The Balaban J connectivity index is 1.57. The number of hydrogen-bond donors (Lipinski definition) is 1. The quantitative estimate of drug-likeness (QED) is 0.390. The first kappa shape index (κ1) is 22.4. The Kier molecular flexibility index (Phi) is 6.60. The molecule has 3 aromatic carbocycles. The number of rotatable bonds is 8. The van der Waals surface area contributed by atoms with Gasteiger partial charge in [-0.3, -0.25) is 14.4 Å². The molecule has 0 bridgehead atoms. The van der Waals surface area contributed by atoms with Gasteiger partial charge >= 0.3 is 5.97 Å². The Morgan fingerprint density at radius 3 is 2.27 bits per heavy atom. The van der Waals surface area contributed by atoms with Crippen molar-refractivity contribution < 1.29 is 14.7 Å². The summed E-state index contributed by atoms with van der Waals surface area (Å²) in [4.78, 5) is 36.7. The van der Waals surface area contributed by atoms with Crippen molar-refractivity contribution in [3.63, 3.8) is 0 Å². The lowest BCUT2D eigenvalue weighted by Gasteiger charge is -2.08. The summed E-state index contributed by atoms with van der Waals surface area (Å²) in [7, 11) is 0. The predicted molar refractivity (Wildman–Crippen MR) is 126 cm³/mol. The van der Waals surface area contributed by atoms with Crippen molar-refractivity contribution in [2.24, 2.45) is 0 Å². The molecule has 8 heteroatoms. The number of halogens is 1. The molecule has 1 heterocycles. The van der Waals surface area contributed by atoms with Gasteiger partial charge in [-0.25, -0.2) is 4.68 Å². The van der Waals surface area contributed by atoms with E-state index in [0.29, 0.717) is 27.1 Å². The molecular weight excluding hydrogens is 442 g/mol. The van der Waals surface area contributed by atoms with Crippen LogP contribution >= 0.6 is 11.6 Å². The number of nitrogens with zero attached hydrogens (tertiary/aromatic N) is 3. The zero-order valence-corrected chi connectivity index (χ0v) is 18.3. The van der Waals surface area contributed by atoms with Crippen LogP contribution in [-0.2, 0) is 17.8 Å². The van der Waals surface area contributed by atoms with Gasteiger partial charge in [-0.15, -0.1) is 5.10 Å². The molecule has 0 spiro atoms. The predicted octanol–water partition coefficient (Wildman–Crippen LogP) is 4.40. The number of aliphatic carboxylic acids is 1. The maximum absolute atomic E-state index is 13.0. The summed E-state index contributed by atoms with van der Waals surface area (Å²) in [6.45, 7) is 0.141. The van der Waals surface area contributed by atoms with Crippen LogP contribution in [0, 0.1) is 0 Å². The zero-order valence-electron chi connectivity index (χ0n) is 17.6. The molecule has 0 unspecified atom stereocenters. The third kappa shape index (κ3) is 5.15. The molecule has 0 fully saturated rings. The number of carbonyl (C=O) groups excluding carboxylic acids is 1. The van der Waals surface area contributed by atoms with E-state index in [0.717, 1.165) is 15.8 Å². The third-order valence-electron chi connectivity index (χ3n) is 5.33. The van der Waals surface area contributed by atoms with Crippen LogP contribution in [0.2, 0.25) is 5.02 Å². The van der Waals surface area contributed by atoms with Crippen LogP contribution in [0.4, 0.5) is 0 Å². The standard InChI is InChI=1S/C25H20ClN3O4/c26-20-12-10-17(11-13-20)16-6-8-18(9-7-16)22(30)15-19-3-1-4-21-24(19)25(33)29(28-27-21)14-2-5-23(31)32/h1,3-4,6-13H,2,5,14-15H2,(H,31,32). The minimum absolute atomic E-state index is 0.0354. The molecule has 0 saturated heterocycles. The van der Waals surface area contributed by atoms with Crippen molar-refractivity contribution in [2.75, 3.05) is 0 Å². The van der Waals surface area contributed by atoms with Gasteiger partial charge in [0, 0.05) is 30.0 Å². The maximum Gasteiger partial charge on any atom is 0.303 e. The molecule has 0 atom stereocenters. The molecular formula is C25H20ClN3O4. The van der Waals surface area contributed by atoms with E-state index >= 15 is 0 Å². The molecule has 166 valence electrons. The van der Waals surface area contributed by atoms with Crippen molar-refractivity contribution in [1.29, 1.82) is 0 Å². The average molecular weight is 462 g/mol. The first-order valence-electron chi connectivity index (χ1n) is 10.4. The molecule has 4 rings (SSSR count). The number of Topliss-reactive ketones (excluding diaryl/α,β-unsaturated/α-hetero) is 1. The fourth-order valence-corrected chi connectivity index (χ4v) is 3.75. The van der Waals surface area contributed by atoms with E-state index in [9.17, 15) is 14.4 Å². The van der Waals surface area contributed by atoms with Gasteiger partial charge in [-0.2, -0.15) is 0 Å². The highest BCUT2D eigenvalue weighted by Crippen LogP contribution is 2.23. The monoisotopic (exact) mass is 461 g/mol. The van der Waals surface area contributed by atoms with Crippen molar-refractivity contribution in [3.05, 3.63) is 93.2 Å². The summed E-state index contributed by atoms with van der Waals surface area (Å²) >= 11 is 5.94. The van der Waals surface area contributed by atoms with Crippen molar-refractivity contribution in [2.45, 2.75) is 25.8 Å². The van der Waals surface area contributed by atoms with E-state index in [4.69, 9.17) is 16.7 Å². The highest BCUT2D eigenvalue weighted by Gasteiger charge is 2.15. The summed E-state index contributed by atoms with van der Waals surface area (Å²) in [5.41, 5.74) is 3.08. The van der Waals surface area contributed by atoms with E-state index in [1.165, 1.54) is 0 Å². The lowest BCUT2D eigenvalue weighted by Crippen LogP contribution is -2.26. The van der Waals surface area contributed by atoms with Gasteiger partial charge in [-0.1, -0.05) is 65.3 Å². The topological polar surface area (TPSA) is 102 Å². The van der Waals surface area contributed by atoms with E-state index < -0.39 is 5.97 Å². The molecule has 7 nitrogen and oxygen atoms in total. The van der Waals surface area contributed by atoms with Crippen LogP contribution < -0.4 is 5.56 Å². The number of aromatic nitrogens is 3. The summed E-state index contributed by atoms with van der Waals surface area (Å²) in [5, 5.41) is 17.8. The normalized spacial score (nSPS) is 10.9. The molecule has 1 N–H and O–H groups in total. The molecule has 33 heavy (non-hydrogen) atoms. The van der Waals surface area contributed by atoms with Gasteiger partial charge in [0.1, 0.15) is 5.52 Å². The number of carboxylic acid groups (broad SMARTS) is 1. The molecule has 0 amide bonds. The second-order valence-electron chi connectivity index (χ2n) is 7.61. The summed E-state index contributed by atoms with van der Waals surface area (Å²) in [6.07, 6.45) is 0.225. The van der Waals surface area contributed by atoms with E-state index in [1.807, 2.05) is 36.4 Å². The van der Waals surface area contributed by atoms with E-state index in [1.54, 1.807) is 30.3 Å². The lowest BCUT2D eigenvalue weighted by molar-refractivity contribution is -0.137. The van der Waals surface area contributed by atoms with E-state index in [-0.39, 0.29) is 37.1 Å². The van der Waals surface area contributed by atoms with Crippen LogP contribution in [0.15, 0.2) is 71.5 Å². The SMILES string of the molecule is O=C(O)CCCn1nnc2cccc(CC(=O)c3ccc(-c4ccc(Cl)cc4)cc3)c2c1=O. The summed E-state index contributed by atoms with van der Waals surface area (Å²) < 4.78 is 1.15. The fourth-order valence-electron chi connectivity index (χ4n) is 3.63. The smallest absolute Gasteiger partial charge is 0.303 e. The van der Waals surface area contributed by atoms with Crippen LogP contribution in [0.1, 0.15) is 28.8 Å². The molecule has 1 aromatic heterocycles. The number of fused-ring (bicyclic) bond motifs is 1. The zero-order chi connectivity index (χ0) is 23.4. The highest BCUT2D eigenvalue weighted by molar-refractivity contribution is 6.30. The Morgan fingerprint density at radius 2 is 1.61 bits per heavy atom. The number of carbonyl (C=O) groups is 2. The molecule has 0 radical (unpaired) electrons. The second kappa shape index (κ2) is 9.75. The minimum Gasteiger partial charge on any atom is -0.481 e. The Labute approximate surface area is 194 Å². The van der Waals surface area contributed by atoms with Gasteiger partial charge in [0.15, 0.2) is 5.78 Å². The number of aryl methyl sites for hydroxylation is 1. The molecule has 4 aromatic rings. The van der Waals surface area contributed by atoms with Gasteiger partial charge in [0.05, 0.1) is 5.39 Å². The maximum atomic E-state index is 13.0. The van der Waals surface area contributed by atoms with Crippen molar-refractivity contribution in [1.82, 2.24) is 15.0 Å². The van der Waals surface area contributed by atoms with Gasteiger partial charge in [0.2, 0.25) is 0 Å². The van der Waals surface area contributed by atoms with Crippen molar-refractivity contribution in [3.8, 4) is 11.1 Å². The number of carboxylic acids is 1. The van der Waals surface area contributed by atoms with Crippen molar-refractivity contribution >= 4 is 34.3 Å². The Morgan fingerprint density at radius 1 is 0.939 bits per heavy atom. The second-order valence-corrected chi connectivity index (χ2v) is 8.05. The first-order valence-corrected chi connectivity index (χ1v) is 10.8. The Hall–Kier alpha value is -3.84. The van der Waals surface area contributed by atoms with Crippen LogP contribution in [0.25, 0.3) is 22.0 Å².